The standard InChI is InChI=1S/C15H16O3/c1-12(13(2)16)11-15(17)18-10-6-9-14-7-4-3-5-8-14/h3-9,11H,10H2,1-2H3/b9-6+,12-11-. The summed E-state index contributed by atoms with van der Waals surface area (Å²) in [6.07, 6.45) is 4.83. The number of rotatable bonds is 5. The van der Waals surface area contributed by atoms with Gasteiger partial charge in [0.25, 0.3) is 0 Å². The van der Waals surface area contributed by atoms with Crippen LogP contribution in [0.15, 0.2) is 48.1 Å². The Bertz CT molecular complexity index is 470. The molecule has 0 N–H and O–H groups in total. The van der Waals surface area contributed by atoms with Crippen LogP contribution >= 0.6 is 0 Å². The molecule has 0 spiro atoms. The van der Waals surface area contributed by atoms with E-state index in [1.54, 1.807) is 13.0 Å². The Balaban J connectivity index is 2.39. The smallest absolute Gasteiger partial charge is 0.331 e. The second-order valence-corrected chi connectivity index (χ2v) is 3.83. The number of hydrogen-bond acceptors (Lipinski definition) is 3. The minimum absolute atomic E-state index is 0.133. The van der Waals surface area contributed by atoms with Gasteiger partial charge in [-0.2, -0.15) is 0 Å². The Labute approximate surface area is 107 Å². The van der Waals surface area contributed by atoms with Gasteiger partial charge in [0.05, 0.1) is 0 Å². The fourth-order valence-corrected chi connectivity index (χ4v) is 1.20. The van der Waals surface area contributed by atoms with Crippen LogP contribution in [0.3, 0.4) is 0 Å². The number of ether oxygens (including phenoxy) is 1. The van der Waals surface area contributed by atoms with E-state index in [1.807, 2.05) is 36.4 Å². The zero-order valence-electron chi connectivity index (χ0n) is 10.6. The summed E-state index contributed by atoms with van der Waals surface area (Å²) in [5.41, 5.74) is 1.44. The molecule has 0 saturated carbocycles. The zero-order valence-corrected chi connectivity index (χ0v) is 10.6. The van der Waals surface area contributed by atoms with Gasteiger partial charge in [0.1, 0.15) is 6.61 Å². The van der Waals surface area contributed by atoms with Gasteiger partial charge in [-0.1, -0.05) is 36.4 Å². The summed E-state index contributed by atoms with van der Waals surface area (Å²) < 4.78 is 4.93. The van der Waals surface area contributed by atoms with Crippen molar-refractivity contribution < 1.29 is 14.3 Å². The van der Waals surface area contributed by atoms with Crippen molar-refractivity contribution >= 4 is 17.8 Å². The van der Waals surface area contributed by atoms with E-state index in [0.717, 1.165) is 5.56 Å². The molecule has 0 unspecified atom stereocenters. The first-order valence-corrected chi connectivity index (χ1v) is 5.67. The molecule has 0 amide bonds. The molecule has 1 rings (SSSR count). The maximum absolute atomic E-state index is 11.3. The van der Waals surface area contributed by atoms with Gasteiger partial charge in [-0.05, 0) is 31.1 Å². The molecule has 0 fully saturated rings. The molecule has 0 aliphatic heterocycles. The Morgan fingerprint density at radius 2 is 1.83 bits per heavy atom. The van der Waals surface area contributed by atoms with Gasteiger partial charge in [-0.3, -0.25) is 4.79 Å². The van der Waals surface area contributed by atoms with E-state index in [2.05, 4.69) is 0 Å². The van der Waals surface area contributed by atoms with Crippen molar-refractivity contribution in [2.24, 2.45) is 0 Å². The van der Waals surface area contributed by atoms with Crippen molar-refractivity contribution in [1.29, 1.82) is 0 Å². The topological polar surface area (TPSA) is 43.4 Å². The zero-order chi connectivity index (χ0) is 13.4. The van der Waals surface area contributed by atoms with E-state index in [1.165, 1.54) is 13.0 Å². The van der Waals surface area contributed by atoms with E-state index in [4.69, 9.17) is 4.74 Å². The predicted octanol–water partition coefficient (Wildman–Crippen LogP) is 2.78. The van der Waals surface area contributed by atoms with Crippen molar-refractivity contribution in [2.75, 3.05) is 6.61 Å². The molecule has 0 radical (unpaired) electrons. The van der Waals surface area contributed by atoms with Crippen LogP contribution in [-0.2, 0) is 14.3 Å². The van der Waals surface area contributed by atoms with Gasteiger partial charge in [0.2, 0.25) is 0 Å². The molecule has 0 saturated heterocycles. The number of carbonyl (C=O) groups is 2. The largest absolute Gasteiger partial charge is 0.458 e. The van der Waals surface area contributed by atoms with Crippen molar-refractivity contribution in [2.45, 2.75) is 13.8 Å². The van der Waals surface area contributed by atoms with Crippen molar-refractivity contribution in [3.8, 4) is 0 Å². The average Bonchev–Trinajstić information content (AvgIpc) is 2.35. The predicted molar refractivity (Wildman–Crippen MR) is 70.9 cm³/mol. The Morgan fingerprint density at radius 3 is 2.44 bits per heavy atom. The van der Waals surface area contributed by atoms with Crippen LogP contribution in [0.2, 0.25) is 0 Å². The summed E-state index contributed by atoms with van der Waals surface area (Å²) >= 11 is 0. The fourth-order valence-electron chi connectivity index (χ4n) is 1.20. The van der Waals surface area contributed by atoms with Crippen LogP contribution in [0.4, 0.5) is 0 Å². The van der Waals surface area contributed by atoms with Crippen LogP contribution in [0, 0.1) is 0 Å². The van der Waals surface area contributed by atoms with Crippen molar-refractivity contribution in [1.82, 2.24) is 0 Å². The summed E-state index contributed by atoms with van der Waals surface area (Å²) in [4.78, 5) is 22.2. The highest BCUT2D eigenvalue weighted by Crippen LogP contribution is 2.01. The van der Waals surface area contributed by atoms with Crippen molar-refractivity contribution in [3.63, 3.8) is 0 Å². The number of benzene rings is 1. The Morgan fingerprint density at radius 1 is 1.17 bits per heavy atom. The molecule has 18 heavy (non-hydrogen) atoms. The molecule has 94 valence electrons. The summed E-state index contributed by atoms with van der Waals surface area (Å²) in [6, 6.07) is 9.72. The normalized spacial score (nSPS) is 11.6. The number of hydrogen-bond donors (Lipinski definition) is 0. The molecule has 0 bridgehead atoms. The van der Waals surface area contributed by atoms with Gasteiger partial charge in [-0.15, -0.1) is 0 Å². The van der Waals surface area contributed by atoms with E-state index in [0.29, 0.717) is 5.57 Å². The minimum Gasteiger partial charge on any atom is -0.458 e. The molecule has 0 atom stereocenters. The Hall–Kier alpha value is -2.16. The molecule has 3 heteroatoms. The molecule has 0 aliphatic carbocycles. The number of Topliss-reactive ketones (excluding diaryl/α,β-unsaturated/α-hetero) is 1. The summed E-state index contributed by atoms with van der Waals surface area (Å²) in [7, 11) is 0. The van der Waals surface area contributed by atoms with E-state index < -0.39 is 5.97 Å². The summed E-state index contributed by atoms with van der Waals surface area (Å²) in [5.74, 6) is -0.632. The van der Waals surface area contributed by atoms with E-state index in [9.17, 15) is 9.59 Å². The molecule has 3 nitrogen and oxygen atoms in total. The molecule has 0 aliphatic rings. The van der Waals surface area contributed by atoms with E-state index in [-0.39, 0.29) is 12.4 Å². The summed E-state index contributed by atoms with van der Waals surface area (Å²) in [6.45, 7) is 3.19. The lowest BCUT2D eigenvalue weighted by Crippen LogP contribution is -2.03. The minimum atomic E-state index is -0.500. The monoisotopic (exact) mass is 244 g/mol. The first-order valence-electron chi connectivity index (χ1n) is 5.67. The second kappa shape index (κ2) is 7.22. The highest BCUT2D eigenvalue weighted by Gasteiger charge is 2.01. The fraction of sp³-hybridized carbons (Fsp3) is 0.200. The third-order valence-corrected chi connectivity index (χ3v) is 2.32. The van der Waals surface area contributed by atoms with Gasteiger partial charge in [0, 0.05) is 6.08 Å². The van der Waals surface area contributed by atoms with Crippen LogP contribution in [0.25, 0.3) is 6.08 Å². The van der Waals surface area contributed by atoms with Crippen LogP contribution < -0.4 is 0 Å². The maximum Gasteiger partial charge on any atom is 0.331 e. The molecule has 0 heterocycles. The third-order valence-electron chi connectivity index (χ3n) is 2.32. The number of carbonyl (C=O) groups excluding carboxylic acids is 2. The third kappa shape index (κ3) is 5.25. The first kappa shape index (κ1) is 13.9. The summed E-state index contributed by atoms with van der Waals surface area (Å²) in [5, 5.41) is 0. The number of ketones is 1. The molecular weight excluding hydrogens is 228 g/mol. The number of allylic oxidation sites excluding steroid dienone is 1. The molecule has 1 aromatic carbocycles. The lowest BCUT2D eigenvalue weighted by Gasteiger charge is -1.98. The van der Waals surface area contributed by atoms with Crippen LogP contribution in [-0.4, -0.2) is 18.4 Å². The Kier molecular flexibility index (Phi) is 5.58. The SMILES string of the molecule is CC(=O)/C(C)=C\C(=O)OC/C=C/c1ccccc1. The highest BCUT2D eigenvalue weighted by atomic mass is 16.5. The average molecular weight is 244 g/mol. The maximum atomic E-state index is 11.3. The lowest BCUT2D eigenvalue weighted by molar-refractivity contribution is -0.136. The molecular formula is C15H16O3. The quantitative estimate of drug-likeness (QED) is 0.591. The highest BCUT2D eigenvalue weighted by molar-refractivity contribution is 5.98. The van der Waals surface area contributed by atoms with E-state index >= 15 is 0 Å². The van der Waals surface area contributed by atoms with Crippen LogP contribution in [0.1, 0.15) is 19.4 Å². The van der Waals surface area contributed by atoms with Gasteiger partial charge < -0.3 is 4.74 Å². The lowest BCUT2D eigenvalue weighted by atomic mass is 10.2. The van der Waals surface area contributed by atoms with Gasteiger partial charge >= 0.3 is 5.97 Å². The van der Waals surface area contributed by atoms with Crippen molar-refractivity contribution in [3.05, 3.63) is 53.6 Å². The van der Waals surface area contributed by atoms with Crippen LogP contribution in [0.5, 0.6) is 0 Å². The van der Waals surface area contributed by atoms with Gasteiger partial charge in [-0.25, -0.2) is 4.79 Å². The number of esters is 1. The second-order valence-electron chi connectivity index (χ2n) is 3.83. The first-order chi connectivity index (χ1) is 8.59. The molecule has 0 aromatic heterocycles. The molecule has 1 aromatic rings. The van der Waals surface area contributed by atoms with Gasteiger partial charge in [0.15, 0.2) is 5.78 Å².